The molecule has 0 amide bonds. The van der Waals surface area contributed by atoms with Crippen molar-refractivity contribution in [3.63, 3.8) is 0 Å². The Bertz CT molecular complexity index is 522. The Labute approximate surface area is 119 Å². The SMILES string of the molecule is CCNC(CCc1ccnn1C)c1ccccc1Cl. The van der Waals surface area contributed by atoms with Gasteiger partial charge in [-0.2, -0.15) is 5.10 Å². The van der Waals surface area contributed by atoms with E-state index in [0.717, 1.165) is 24.4 Å². The van der Waals surface area contributed by atoms with E-state index in [-0.39, 0.29) is 6.04 Å². The molecule has 3 nitrogen and oxygen atoms in total. The van der Waals surface area contributed by atoms with Crippen LogP contribution >= 0.6 is 11.6 Å². The maximum absolute atomic E-state index is 6.29. The van der Waals surface area contributed by atoms with Gasteiger partial charge in [-0.15, -0.1) is 0 Å². The topological polar surface area (TPSA) is 29.9 Å². The summed E-state index contributed by atoms with van der Waals surface area (Å²) >= 11 is 6.29. The summed E-state index contributed by atoms with van der Waals surface area (Å²) in [5, 5.41) is 8.54. The molecule has 2 rings (SSSR count). The smallest absolute Gasteiger partial charge is 0.0492 e. The second-order valence-electron chi connectivity index (χ2n) is 4.62. The minimum absolute atomic E-state index is 0.286. The average Bonchev–Trinajstić information content (AvgIpc) is 2.81. The van der Waals surface area contributed by atoms with Crippen LogP contribution in [-0.4, -0.2) is 16.3 Å². The predicted molar refractivity (Wildman–Crippen MR) is 79.4 cm³/mol. The molecule has 0 saturated heterocycles. The highest BCUT2D eigenvalue weighted by molar-refractivity contribution is 6.31. The third kappa shape index (κ3) is 3.58. The van der Waals surface area contributed by atoms with Crippen LogP contribution in [-0.2, 0) is 13.5 Å². The fourth-order valence-corrected chi connectivity index (χ4v) is 2.58. The zero-order valence-corrected chi connectivity index (χ0v) is 12.2. The molecule has 0 aliphatic carbocycles. The second-order valence-corrected chi connectivity index (χ2v) is 5.02. The molecule has 0 radical (unpaired) electrons. The van der Waals surface area contributed by atoms with Crippen LogP contribution < -0.4 is 5.32 Å². The summed E-state index contributed by atoms with van der Waals surface area (Å²) in [4.78, 5) is 0. The first-order valence-electron chi connectivity index (χ1n) is 6.67. The highest BCUT2D eigenvalue weighted by atomic mass is 35.5. The number of halogens is 1. The second kappa shape index (κ2) is 6.73. The first kappa shape index (κ1) is 14.1. The molecule has 4 heteroatoms. The molecule has 0 saturated carbocycles. The van der Waals surface area contributed by atoms with Gasteiger partial charge in [-0.25, -0.2) is 0 Å². The monoisotopic (exact) mass is 277 g/mol. The number of rotatable bonds is 6. The molecular weight excluding hydrogens is 258 g/mol. The summed E-state index contributed by atoms with van der Waals surface area (Å²) < 4.78 is 1.93. The molecule has 1 atom stereocenters. The van der Waals surface area contributed by atoms with E-state index in [9.17, 15) is 0 Å². The molecule has 1 N–H and O–H groups in total. The van der Waals surface area contributed by atoms with Crippen molar-refractivity contribution in [3.05, 3.63) is 52.8 Å². The highest BCUT2D eigenvalue weighted by Gasteiger charge is 2.14. The van der Waals surface area contributed by atoms with E-state index in [0.29, 0.717) is 0 Å². The third-order valence-corrected chi connectivity index (χ3v) is 3.69. The normalized spacial score (nSPS) is 12.6. The summed E-state index contributed by atoms with van der Waals surface area (Å²) in [7, 11) is 1.98. The van der Waals surface area contributed by atoms with Crippen molar-refractivity contribution < 1.29 is 0 Å². The van der Waals surface area contributed by atoms with Gasteiger partial charge in [0.05, 0.1) is 0 Å². The standard InChI is InChI=1S/C15H20ClN3/c1-3-17-15(13-6-4-5-7-14(13)16)9-8-12-10-11-18-19(12)2/h4-7,10-11,15,17H,3,8-9H2,1-2H3. The van der Waals surface area contributed by atoms with Crippen molar-refractivity contribution in [1.29, 1.82) is 0 Å². The van der Waals surface area contributed by atoms with E-state index in [1.165, 1.54) is 11.3 Å². The molecule has 0 spiro atoms. The lowest BCUT2D eigenvalue weighted by atomic mass is 10.0. The molecule has 1 aromatic carbocycles. The summed E-state index contributed by atoms with van der Waals surface area (Å²) in [6.07, 6.45) is 3.84. The largest absolute Gasteiger partial charge is 0.310 e. The van der Waals surface area contributed by atoms with Crippen LogP contribution in [0.2, 0.25) is 5.02 Å². The Morgan fingerprint density at radius 1 is 1.32 bits per heavy atom. The summed E-state index contributed by atoms with van der Waals surface area (Å²) in [6.45, 7) is 3.05. The fourth-order valence-electron chi connectivity index (χ4n) is 2.31. The van der Waals surface area contributed by atoms with Crippen molar-refractivity contribution in [2.45, 2.75) is 25.8 Å². The minimum atomic E-state index is 0.286. The van der Waals surface area contributed by atoms with E-state index < -0.39 is 0 Å². The van der Waals surface area contributed by atoms with Gasteiger partial charge in [0, 0.05) is 30.0 Å². The lowest BCUT2D eigenvalue weighted by Crippen LogP contribution is -2.22. The molecule has 1 aromatic heterocycles. The van der Waals surface area contributed by atoms with Crippen LogP contribution in [0.25, 0.3) is 0 Å². The van der Waals surface area contributed by atoms with Gasteiger partial charge in [-0.3, -0.25) is 4.68 Å². The van der Waals surface area contributed by atoms with Gasteiger partial charge >= 0.3 is 0 Å². The number of hydrogen-bond donors (Lipinski definition) is 1. The predicted octanol–water partition coefficient (Wildman–Crippen LogP) is 3.36. The van der Waals surface area contributed by atoms with Gasteiger partial charge in [-0.1, -0.05) is 36.7 Å². The van der Waals surface area contributed by atoms with E-state index in [1.807, 2.05) is 36.1 Å². The highest BCUT2D eigenvalue weighted by Crippen LogP contribution is 2.26. The number of benzene rings is 1. The number of nitrogens with one attached hydrogen (secondary N) is 1. The van der Waals surface area contributed by atoms with Crippen molar-refractivity contribution in [1.82, 2.24) is 15.1 Å². The Hall–Kier alpha value is -1.32. The molecule has 102 valence electrons. The Morgan fingerprint density at radius 3 is 2.74 bits per heavy atom. The van der Waals surface area contributed by atoms with Crippen LogP contribution in [0.5, 0.6) is 0 Å². The maximum Gasteiger partial charge on any atom is 0.0492 e. The molecule has 1 unspecified atom stereocenters. The fraction of sp³-hybridized carbons (Fsp3) is 0.400. The van der Waals surface area contributed by atoms with Gasteiger partial charge in [0.1, 0.15) is 0 Å². The quantitative estimate of drug-likeness (QED) is 0.877. The average molecular weight is 278 g/mol. The molecule has 0 aliphatic heterocycles. The minimum Gasteiger partial charge on any atom is -0.310 e. The zero-order valence-electron chi connectivity index (χ0n) is 11.4. The van der Waals surface area contributed by atoms with Gasteiger partial charge in [0.2, 0.25) is 0 Å². The molecule has 0 aliphatic rings. The summed E-state index contributed by atoms with van der Waals surface area (Å²) in [5.41, 5.74) is 2.42. The lowest BCUT2D eigenvalue weighted by molar-refractivity contribution is 0.506. The van der Waals surface area contributed by atoms with E-state index in [4.69, 9.17) is 11.6 Å². The van der Waals surface area contributed by atoms with E-state index >= 15 is 0 Å². The number of aryl methyl sites for hydroxylation is 2. The van der Waals surface area contributed by atoms with E-state index in [1.54, 1.807) is 0 Å². The first-order valence-corrected chi connectivity index (χ1v) is 7.05. The molecule has 19 heavy (non-hydrogen) atoms. The Morgan fingerprint density at radius 2 is 2.11 bits per heavy atom. The van der Waals surface area contributed by atoms with Crippen LogP contribution in [0, 0.1) is 0 Å². The summed E-state index contributed by atoms with van der Waals surface area (Å²) in [5.74, 6) is 0. The van der Waals surface area contributed by atoms with Gasteiger partial charge in [0.15, 0.2) is 0 Å². The molecule has 2 aromatic rings. The van der Waals surface area contributed by atoms with Gasteiger partial charge < -0.3 is 5.32 Å². The van der Waals surface area contributed by atoms with Crippen LogP contribution in [0.1, 0.15) is 30.6 Å². The van der Waals surface area contributed by atoms with E-state index in [2.05, 4.69) is 29.5 Å². The van der Waals surface area contributed by atoms with Crippen molar-refractivity contribution in [2.75, 3.05) is 6.54 Å². The first-order chi connectivity index (χ1) is 9.22. The molecule has 1 heterocycles. The van der Waals surface area contributed by atoms with Crippen LogP contribution in [0.15, 0.2) is 36.5 Å². The van der Waals surface area contributed by atoms with Crippen LogP contribution in [0.4, 0.5) is 0 Å². The number of hydrogen-bond acceptors (Lipinski definition) is 2. The van der Waals surface area contributed by atoms with Crippen molar-refractivity contribution in [2.24, 2.45) is 7.05 Å². The maximum atomic E-state index is 6.29. The van der Waals surface area contributed by atoms with Crippen LogP contribution in [0.3, 0.4) is 0 Å². The lowest BCUT2D eigenvalue weighted by Gasteiger charge is -2.19. The van der Waals surface area contributed by atoms with Crippen molar-refractivity contribution in [3.8, 4) is 0 Å². The molecule has 0 fully saturated rings. The molecular formula is C15H20ClN3. The summed E-state index contributed by atoms with van der Waals surface area (Å²) in [6, 6.07) is 10.4. The zero-order chi connectivity index (χ0) is 13.7. The Kier molecular flexibility index (Phi) is 5.00. The van der Waals surface area contributed by atoms with Crippen molar-refractivity contribution >= 4 is 11.6 Å². The number of aromatic nitrogens is 2. The Balaban J connectivity index is 2.09. The van der Waals surface area contributed by atoms with Gasteiger partial charge in [0.25, 0.3) is 0 Å². The number of nitrogens with zero attached hydrogens (tertiary/aromatic N) is 2. The third-order valence-electron chi connectivity index (χ3n) is 3.34. The molecule has 0 bridgehead atoms. The van der Waals surface area contributed by atoms with Gasteiger partial charge in [-0.05, 0) is 37.1 Å².